The summed E-state index contributed by atoms with van der Waals surface area (Å²) in [5.74, 6) is 0.00564. The minimum Gasteiger partial charge on any atom is -0.292 e. The molecule has 0 aliphatic heterocycles. The first-order chi connectivity index (χ1) is 8.40. The maximum Gasteiger partial charge on any atom is 0.186 e. The SMILES string of the molecule is Cc1nn(CC(=O)c2cc(Br)sc2Br)c(C)c1Cl. The number of hydrogen-bond acceptors (Lipinski definition) is 3. The van der Waals surface area contributed by atoms with Crippen LogP contribution in [0.25, 0.3) is 0 Å². The van der Waals surface area contributed by atoms with E-state index in [1.54, 1.807) is 4.68 Å². The number of thiophene rings is 1. The zero-order valence-electron chi connectivity index (χ0n) is 9.63. The number of carbonyl (C=O) groups excluding carboxylic acids is 1. The highest BCUT2D eigenvalue weighted by atomic mass is 79.9. The topological polar surface area (TPSA) is 34.9 Å². The van der Waals surface area contributed by atoms with E-state index in [1.165, 1.54) is 11.3 Å². The fourth-order valence-corrected chi connectivity index (χ4v) is 4.57. The molecule has 0 aliphatic carbocycles. The summed E-state index contributed by atoms with van der Waals surface area (Å²) in [6.07, 6.45) is 0. The molecule has 0 N–H and O–H groups in total. The maximum atomic E-state index is 12.2. The van der Waals surface area contributed by atoms with Gasteiger partial charge >= 0.3 is 0 Å². The van der Waals surface area contributed by atoms with Crippen molar-refractivity contribution in [3.8, 4) is 0 Å². The highest BCUT2D eigenvalue weighted by Crippen LogP contribution is 2.32. The quantitative estimate of drug-likeness (QED) is 0.690. The van der Waals surface area contributed by atoms with Crippen LogP contribution in [0.3, 0.4) is 0 Å². The average molecular weight is 413 g/mol. The number of hydrogen-bond donors (Lipinski definition) is 0. The van der Waals surface area contributed by atoms with Crippen molar-refractivity contribution in [3.63, 3.8) is 0 Å². The number of aromatic nitrogens is 2. The van der Waals surface area contributed by atoms with Gasteiger partial charge in [-0.3, -0.25) is 9.48 Å². The van der Waals surface area contributed by atoms with E-state index in [1.807, 2.05) is 19.9 Å². The lowest BCUT2D eigenvalue weighted by Crippen LogP contribution is -2.12. The summed E-state index contributed by atoms with van der Waals surface area (Å²) in [5.41, 5.74) is 2.22. The molecule has 0 amide bonds. The zero-order valence-corrected chi connectivity index (χ0v) is 14.4. The molecule has 3 nitrogen and oxygen atoms in total. The Morgan fingerprint density at radius 2 is 2.17 bits per heavy atom. The molecule has 0 saturated heterocycles. The molecule has 2 heterocycles. The van der Waals surface area contributed by atoms with Gasteiger partial charge in [-0.2, -0.15) is 5.10 Å². The zero-order chi connectivity index (χ0) is 13.4. The Bertz CT molecular complexity index is 621. The number of halogens is 3. The van der Waals surface area contributed by atoms with Crippen LogP contribution in [0, 0.1) is 13.8 Å². The molecule has 0 aromatic carbocycles. The number of nitrogens with zero attached hydrogens (tertiary/aromatic N) is 2. The smallest absolute Gasteiger partial charge is 0.186 e. The number of carbonyl (C=O) groups is 1. The van der Waals surface area contributed by atoms with Crippen molar-refractivity contribution >= 4 is 60.6 Å². The molecule has 0 fully saturated rings. The molecule has 18 heavy (non-hydrogen) atoms. The van der Waals surface area contributed by atoms with E-state index in [0.717, 1.165) is 19.0 Å². The molecule has 0 atom stereocenters. The Labute approximate surface area is 130 Å². The summed E-state index contributed by atoms with van der Waals surface area (Å²) >= 11 is 14.3. The monoisotopic (exact) mass is 410 g/mol. The average Bonchev–Trinajstić information content (AvgIpc) is 2.75. The second-order valence-corrected chi connectivity index (χ2v) is 7.93. The standard InChI is InChI=1S/C11H9Br2ClN2OS/c1-5-10(14)6(2)16(15-5)4-8(17)7-3-9(12)18-11(7)13/h3H,4H2,1-2H3. The van der Waals surface area contributed by atoms with Crippen LogP contribution in [0.1, 0.15) is 21.7 Å². The Morgan fingerprint density at radius 1 is 1.50 bits per heavy atom. The van der Waals surface area contributed by atoms with E-state index in [-0.39, 0.29) is 12.3 Å². The van der Waals surface area contributed by atoms with Crippen LogP contribution in [0.2, 0.25) is 5.02 Å². The van der Waals surface area contributed by atoms with Gasteiger partial charge in [0.2, 0.25) is 0 Å². The van der Waals surface area contributed by atoms with Gasteiger partial charge < -0.3 is 0 Å². The van der Waals surface area contributed by atoms with Gasteiger partial charge in [-0.15, -0.1) is 11.3 Å². The first-order valence-electron chi connectivity index (χ1n) is 5.07. The number of rotatable bonds is 3. The molecule has 0 aliphatic rings. The first kappa shape index (κ1) is 14.2. The summed E-state index contributed by atoms with van der Waals surface area (Å²) in [6, 6.07) is 1.81. The molecule has 0 radical (unpaired) electrons. The summed E-state index contributed by atoms with van der Waals surface area (Å²) in [5, 5.41) is 4.87. The summed E-state index contributed by atoms with van der Waals surface area (Å²) in [6.45, 7) is 3.88. The second-order valence-electron chi connectivity index (χ2n) is 3.80. The number of aryl methyl sites for hydroxylation is 1. The minimum atomic E-state index is 0.00564. The fourth-order valence-electron chi connectivity index (χ4n) is 1.58. The van der Waals surface area contributed by atoms with Crippen LogP contribution in [0.15, 0.2) is 13.6 Å². The van der Waals surface area contributed by atoms with Crippen LogP contribution in [0.5, 0.6) is 0 Å². The van der Waals surface area contributed by atoms with Gasteiger partial charge in [0.15, 0.2) is 5.78 Å². The maximum absolute atomic E-state index is 12.2. The van der Waals surface area contributed by atoms with Gasteiger partial charge in [0, 0.05) is 5.56 Å². The van der Waals surface area contributed by atoms with Crippen LogP contribution >= 0.6 is 54.8 Å². The third kappa shape index (κ3) is 2.71. The number of ketones is 1. The van der Waals surface area contributed by atoms with E-state index in [4.69, 9.17) is 11.6 Å². The van der Waals surface area contributed by atoms with Crippen molar-refractivity contribution < 1.29 is 4.79 Å². The Hall–Kier alpha value is -0.170. The highest BCUT2D eigenvalue weighted by Gasteiger charge is 2.17. The molecule has 0 bridgehead atoms. The molecule has 96 valence electrons. The van der Waals surface area contributed by atoms with E-state index in [9.17, 15) is 4.79 Å². The van der Waals surface area contributed by atoms with E-state index in [2.05, 4.69) is 37.0 Å². The van der Waals surface area contributed by atoms with Gasteiger partial charge in [0.05, 0.1) is 24.0 Å². The van der Waals surface area contributed by atoms with Crippen LogP contribution in [0.4, 0.5) is 0 Å². The van der Waals surface area contributed by atoms with Crippen molar-refractivity contribution in [2.24, 2.45) is 0 Å². The normalized spacial score (nSPS) is 10.9. The molecule has 7 heteroatoms. The third-order valence-electron chi connectivity index (χ3n) is 2.54. The predicted molar refractivity (Wildman–Crippen MR) is 80.8 cm³/mol. The molecular weight excluding hydrogens is 403 g/mol. The van der Waals surface area contributed by atoms with Crippen LogP contribution < -0.4 is 0 Å². The number of Topliss-reactive ketones (excluding diaryl/α,β-unsaturated/α-hetero) is 1. The predicted octanol–water partition coefficient (Wildman–Crippen LogP) is 4.62. The van der Waals surface area contributed by atoms with Gasteiger partial charge in [-0.1, -0.05) is 11.6 Å². The fraction of sp³-hybridized carbons (Fsp3) is 0.273. The molecule has 2 rings (SSSR count). The van der Waals surface area contributed by atoms with Crippen molar-refractivity contribution in [1.29, 1.82) is 0 Å². The molecule has 2 aromatic heterocycles. The lowest BCUT2D eigenvalue weighted by Gasteiger charge is -2.02. The van der Waals surface area contributed by atoms with Crippen molar-refractivity contribution in [2.45, 2.75) is 20.4 Å². The molecular formula is C11H9Br2ClN2OS. The Morgan fingerprint density at radius 3 is 2.61 bits per heavy atom. The largest absolute Gasteiger partial charge is 0.292 e. The molecule has 0 spiro atoms. The Kier molecular flexibility index (Phi) is 4.31. The van der Waals surface area contributed by atoms with E-state index in [0.29, 0.717) is 10.6 Å². The van der Waals surface area contributed by atoms with Gasteiger partial charge in [-0.05, 0) is 51.8 Å². The molecule has 2 aromatic rings. The third-order valence-corrected chi connectivity index (χ3v) is 5.43. The summed E-state index contributed by atoms with van der Waals surface area (Å²) < 4.78 is 3.38. The first-order valence-corrected chi connectivity index (χ1v) is 7.85. The van der Waals surface area contributed by atoms with Gasteiger partial charge in [0.25, 0.3) is 0 Å². The lowest BCUT2D eigenvalue weighted by atomic mass is 10.2. The van der Waals surface area contributed by atoms with Crippen LogP contribution in [-0.4, -0.2) is 15.6 Å². The van der Waals surface area contributed by atoms with Crippen molar-refractivity contribution in [3.05, 3.63) is 35.6 Å². The van der Waals surface area contributed by atoms with E-state index >= 15 is 0 Å². The van der Waals surface area contributed by atoms with Crippen LogP contribution in [-0.2, 0) is 6.54 Å². The van der Waals surface area contributed by atoms with Crippen molar-refractivity contribution in [1.82, 2.24) is 9.78 Å². The minimum absolute atomic E-state index is 0.00564. The highest BCUT2D eigenvalue weighted by molar-refractivity contribution is 9.12. The summed E-state index contributed by atoms with van der Waals surface area (Å²) in [4.78, 5) is 12.2. The van der Waals surface area contributed by atoms with E-state index < -0.39 is 0 Å². The second kappa shape index (κ2) is 5.45. The molecule has 0 unspecified atom stereocenters. The lowest BCUT2D eigenvalue weighted by molar-refractivity contribution is 0.0966. The van der Waals surface area contributed by atoms with Gasteiger partial charge in [0.1, 0.15) is 6.54 Å². The van der Waals surface area contributed by atoms with Crippen molar-refractivity contribution in [2.75, 3.05) is 0 Å². The molecule has 0 saturated carbocycles. The summed E-state index contributed by atoms with van der Waals surface area (Å²) in [7, 11) is 0. The Balaban J connectivity index is 2.27. The van der Waals surface area contributed by atoms with Gasteiger partial charge in [-0.25, -0.2) is 0 Å².